The van der Waals surface area contributed by atoms with Gasteiger partial charge in [-0.25, -0.2) is 4.68 Å². The highest BCUT2D eigenvalue weighted by Crippen LogP contribution is 2.47. The van der Waals surface area contributed by atoms with Crippen LogP contribution in [0.5, 0.6) is 5.75 Å². The fourth-order valence-electron chi connectivity index (χ4n) is 4.77. The van der Waals surface area contributed by atoms with Crippen LogP contribution in [-0.4, -0.2) is 38.7 Å². The zero-order chi connectivity index (χ0) is 24.6. The molecule has 0 amide bonds. The molecule has 0 saturated carbocycles. The first-order valence-electron chi connectivity index (χ1n) is 11.8. The Morgan fingerprint density at radius 2 is 1.89 bits per heavy atom. The number of fused-ring (bicyclic) bond motifs is 1. The quantitative estimate of drug-likeness (QED) is 0.356. The van der Waals surface area contributed by atoms with E-state index in [4.69, 9.17) is 14.8 Å². The Labute approximate surface area is 209 Å². The third kappa shape index (κ3) is 4.62. The van der Waals surface area contributed by atoms with Gasteiger partial charge in [0.1, 0.15) is 11.8 Å². The highest BCUT2D eigenvalue weighted by molar-refractivity contribution is 7.99. The number of benzene rings is 2. The van der Waals surface area contributed by atoms with Gasteiger partial charge in [0.15, 0.2) is 11.6 Å². The van der Waals surface area contributed by atoms with Crippen LogP contribution in [0, 0.1) is 5.41 Å². The number of nitrogens with zero attached hydrogens (tertiary/aromatic N) is 3. The highest BCUT2D eigenvalue weighted by atomic mass is 32.2. The Kier molecular flexibility index (Phi) is 6.23. The van der Waals surface area contributed by atoms with E-state index in [1.807, 2.05) is 61.5 Å². The molecule has 0 radical (unpaired) electrons. The van der Waals surface area contributed by atoms with Gasteiger partial charge in [-0.15, -0.1) is 5.10 Å². The van der Waals surface area contributed by atoms with Crippen LogP contribution in [0.3, 0.4) is 0 Å². The molecule has 0 spiro atoms. The molecule has 1 aromatic heterocycles. The summed E-state index contributed by atoms with van der Waals surface area (Å²) in [6.45, 7) is 6.67. The molecule has 8 heteroatoms. The zero-order valence-electron chi connectivity index (χ0n) is 20.1. The molecular formula is C27H28N4O3S. The lowest BCUT2D eigenvalue weighted by Crippen LogP contribution is -2.36. The van der Waals surface area contributed by atoms with Crippen LogP contribution in [0.15, 0.2) is 71.0 Å². The van der Waals surface area contributed by atoms with Gasteiger partial charge in [0.2, 0.25) is 11.1 Å². The number of thioether (sulfide) groups is 1. The maximum absolute atomic E-state index is 13.4. The van der Waals surface area contributed by atoms with Gasteiger partial charge >= 0.3 is 0 Å². The second-order valence-corrected chi connectivity index (χ2v) is 10.5. The summed E-state index contributed by atoms with van der Waals surface area (Å²) in [5, 5.41) is 8.62. The third-order valence-corrected chi connectivity index (χ3v) is 7.09. The van der Waals surface area contributed by atoms with Crippen molar-refractivity contribution >= 4 is 29.3 Å². The number of ketones is 2. The number of ether oxygens (including phenoxy) is 1. The standard InChI is InChI=1S/C27H28N4O3S/c1-4-34-22-13-9-8-12-18(22)24-23-19(14-27(2,3)15-20(23)32)28-25-29-26(30-31(24)25)35-16-21(33)17-10-6-5-7-11-17/h5-13,24H,4,14-16H2,1-3H3,(H,28,29,30). The number of carbonyl (C=O) groups is 2. The molecule has 1 atom stereocenters. The minimum atomic E-state index is -0.445. The van der Waals surface area contributed by atoms with Crippen molar-refractivity contribution < 1.29 is 14.3 Å². The summed E-state index contributed by atoms with van der Waals surface area (Å²) in [5.74, 6) is 1.65. The SMILES string of the molecule is CCOc1ccccc1C1C2=C(CC(C)(C)CC2=O)Nc2nc(SCC(=O)c3ccccc3)nn21. The fraction of sp³-hybridized carbons (Fsp3) is 0.333. The Balaban J connectivity index is 1.52. The number of aromatic nitrogens is 3. The maximum Gasteiger partial charge on any atom is 0.227 e. The van der Waals surface area contributed by atoms with E-state index in [2.05, 4.69) is 19.2 Å². The largest absolute Gasteiger partial charge is 0.494 e. The molecule has 2 heterocycles. The van der Waals surface area contributed by atoms with Gasteiger partial charge in [-0.2, -0.15) is 4.98 Å². The molecule has 1 N–H and O–H groups in total. The summed E-state index contributed by atoms with van der Waals surface area (Å²) in [6.07, 6.45) is 1.21. The van der Waals surface area contributed by atoms with Gasteiger partial charge in [-0.05, 0) is 24.8 Å². The predicted molar refractivity (Wildman–Crippen MR) is 136 cm³/mol. The summed E-state index contributed by atoms with van der Waals surface area (Å²) in [4.78, 5) is 30.7. The first-order valence-corrected chi connectivity index (χ1v) is 12.8. The maximum atomic E-state index is 13.4. The average Bonchev–Trinajstić information content (AvgIpc) is 3.24. The molecule has 0 saturated heterocycles. The molecule has 2 aromatic carbocycles. The number of hydrogen-bond acceptors (Lipinski definition) is 7. The lowest BCUT2D eigenvalue weighted by molar-refractivity contribution is -0.118. The lowest BCUT2D eigenvalue weighted by atomic mass is 9.73. The zero-order valence-corrected chi connectivity index (χ0v) is 20.9. The molecule has 35 heavy (non-hydrogen) atoms. The Bertz CT molecular complexity index is 1310. The Morgan fingerprint density at radius 1 is 1.14 bits per heavy atom. The Hall–Kier alpha value is -3.39. The van der Waals surface area contributed by atoms with Crippen molar-refractivity contribution in [1.29, 1.82) is 0 Å². The van der Waals surface area contributed by atoms with E-state index < -0.39 is 6.04 Å². The van der Waals surface area contributed by atoms with E-state index in [0.29, 0.717) is 35.3 Å². The second kappa shape index (κ2) is 9.34. The van der Waals surface area contributed by atoms with Crippen LogP contribution in [0.25, 0.3) is 0 Å². The fourth-order valence-corrected chi connectivity index (χ4v) is 5.49. The molecule has 3 aromatic rings. The van der Waals surface area contributed by atoms with Gasteiger partial charge in [-0.3, -0.25) is 9.59 Å². The van der Waals surface area contributed by atoms with Crippen molar-refractivity contribution in [2.24, 2.45) is 5.41 Å². The monoisotopic (exact) mass is 488 g/mol. The van der Waals surface area contributed by atoms with Gasteiger partial charge in [0.25, 0.3) is 0 Å². The number of rotatable bonds is 7. The van der Waals surface area contributed by atoms with Crippen molar-refractivity contribution in [3.8, 4) is 5.75 Å². The summed E-state index contributed by atoms with van der Waals surface area (Å²) < 4.78 is 7.70. The molecule has 180 valence electrons. The van der Waals surface area contributed by atoms with Crippen LogP contribution in [-0.2, 0) is 4.79 Å². The van der Waals surface area contributed by atoms with Crippen LogP contribution in [0.2, 0.25) is 0 Å². The van der Waals surface area contributed by atoms with Crippen LogP contribution in [0.4, 0.5) is 5.95 Å². The molecule has 0 fully saturated rings. The first kappa shape index (κ1) is 23.4. The van der Waals surface area contributed by atoms with Gasteiger partial charge in [-0.1, -0.05) is 74.1 Å². The van der Waals surface area contributed by atoms with Crippen molar-refractivity contribution in [1.82, 2.24) is 14.8 Å². The van der Waals surface area contributed by atoms with E-state index in [-0.39, 0.29) is 22.7 Å². The Morgan fingerprint density at radius 3 is 2.66 bits per heavy atom. The minimum Gasteiger partial charge on any atom is -0.494 e. The normalized spacial score (nSPS) is 18.5. The molecule has 1 aliphatic heterocycles. The van der Waals surface area contributed by atoms with Gasteiger partial charge < -0.3 is 10.1 Å². The molecule has 1 unspecified atom stereocenters. The molecule has 0 bridgehead atoms. The number of allylic oxidation sites excluding steroid dienone is 2. The van der Waals surface area contributed by atoms with Crippen molar-refractivity contribution in [2.75, 3.05) is 17.7 Å². The van der Waals surface area contributed by atoms with Crippen LogP contribution in [0.1, 0.15) is 55.6 Å². The summed E-state index contributed by atoms with van der Waals surface area (Å²) in [6, 6.07) is 16.5. The third-order valence-electron chi connectivity index (χ3n) is 6.25. The van der Waals surface area contributed by atoms with Gasteiger partial charge in [0.05, 0.1) is 12.4 Å². The number of Topliss-reactive ketones (excluding diaryl/α,β-unsaturated/α-hetero) is 2. The minimum absolute atomic E-state index is 0.0175. The smallest absolute Gasteiger partial charge is 0.227 e. The molecule has 1 aliphatic carbocycles. The summed E-state index contributed by atoms with van der Waals surface area (Å²) in [7, 11) is 0. The highest BCUT2D eigenvalue weighted by Gasteiger charge is 2.42. The predicted octanol–water partition coefficient (Wildman–Crippen LogP) is 5.31. The lowest BCUT2D eigenvalue weighted by Gasteiger charge is -2.38. The number of hydrogen-bond donors (Lipinski definition) is 1. The number of anilines is 1. The molecule has 2 aliphatic rings. The van der Waals surface area contributed by atoms with Crippen LogP contribution >= 0.6 is 11.8 Å². The van der Waals surface area contributed by atoms with Crippen molar-refractivity contribution in [3.05, 3.63) is 77.0 Å². The van der Waals surface area contributed by atoms with E-state index in [1.54, 1.807) is 4.68 Å². The van der Waals surface area contributed by atoms with Crippen molar-refractivity contribution in [2.45, 2.75) is 44.8 Å². The first-order chi connectivity index (χ1) is 16.9. The number of para-hydroxylation sites is 1. The molecule has 5 rings (SSSR count). The number of carbonyl (C=O) groups excluding carboxylic acids is 2. The number of nitrogens with one attached hydrogen (secondary N) is 1. The van der Waals surface area contributed by atoms with Gasteiger partial charge in [0, 0.05) is 28.8 Å². The van der Waals surface area contributed by atoms with E-state index >= 15 is 0 Å². The van der Waals surface area contributed by atoms with E-state index in [0.717, 1.165) is 23.4 Å². The van der Waals surface area contributed by atoms with Crippen LogP contribution < -0.4 is 10.1 Å². The average molecular weight is 489 g/mol. The summed E-state index contributed by atoms with van der Waals surface area (Å²) in [5.41, 5.74) is 3.00. The molecule has 7 nitrogen and oxygen atoms in total. The van der Waals surface area contributed by atoms with E-state index in [1.165, 1.54) is 11.8 Å². The summed E-state index contributed by atoms with van der Waals surface area (Å²) >= 11 is 1.30. The molecular weight excluding hydrogens is 460 g/mol. The van der Waals surface area contributed by atoms with Crippen molar-refractivity contribution in [3.63, 3.8) is 0 Å². The topological polar surface area (TPSA) is 86.1 Å². The van der Waals surface area contributed by atoms with E-state index in [9.17, 15) is 9.59 Å². The second-order valence-electron chi connectivity index (χ2n) is 9.57.